The SMILES string of the molecule is Cc1cc(Cl)cc(C(=O)NC2CCOC2=O)c1N. The minimum Gasteiger partial charge on any atom is -0.464 e. The van der Waals surface area contributed by atoms with Gasteiger partial charge in [0, 0.05) is 17.1 Å². The van der Waals surface area contributed by atoms with Gasteiger partial charge in [0.15, 0.2) is 0 Å². The van der Waals surface area contributed by atoms with Crippen LogP contribution in [-0.2, 0) is 9.53 Å². The number of hydrogen-bond acceptors (Lipinski definition) is 4. The molecule has 1 saturated heterocycles. The Hall–Kier alpha value is -1.75. The van der Waals surface area contributed by atoms with Crippen molar-refractivity contribution < 1.29 is 14.3 Å². The average Bonchev–Trinajstić information content (AvgIpc) is 2.69. The van der Waals surface area contributed by atoms with Crippen LogP contribution in [0.2, 0.25) is 5.02 Å². The van der Waals surface area contributed by atoms with E-state index >= 15 is 0 Å². The maximum atomic E-state index is 12.0. The standard InChI is InChI=1S/C12H13ClN2O3/c1-6-4-7(13)5-8(10(6)14)11(16)15-9-2-3-18-12(9)17/h4-5,9H,2-3,14H2,1H3,(H,15,16). The molecule has 2 rings (SSSR count). The van der Waals surface area contributed by atoms with Gasteiger partial charge in [-0.1, -0.05) is 11.6 Å². The average molecular weight is 269 g/mol. The number of nitrogens with one attached hydrogen (secondary N) is 1. The van der Waals surface area contributed by atoms with E-state index in [1.807, 2.05) is 0 Å². The van der Waals surface area contributed by atoms with E-state index < -0.39 is 17.9 Å². The molecule has 1 aliphatic heterocycles. The topological polar surface area (TPSA) is 81.4 Å². The summed E-state index contributed by atoms with van der Waals surface area (Å²) in [7, 11) is 0. The molecule has 0 aromatic heterocycles. The Kier molecular flexibility index (Phi) is 3.43. The first-order valence-electron chi connectivity index (χ1n) is 5.52. The number of benzene rings is 1. The smallest absolute Gasteiger partial charge is 0.328 e. The Morgan fingerprint density at radius 2 is 2.28 bits per heavy atom. The maximum Gasteiger partial charge on any atom is 0.328 e. The molecule has 6 heteroatoms. The lowest BCUT2D eigenvalue weighted by molar-refractivity contribution is -0.139. The fourth-order valence-corrected chi connectivity index (χ4v) is 2.08. The van der Waals surface area contributed by atoms with Crippen molar-refractivity contribution in [1.29, 1.82) is 0 Å². The highest BCUT2D eigenvalue weighted by atomic mass is 35.5. The van der Waals surface area contributed by atoms with Gasteiger partial charge < -0.3 is 15.8 Å². The summed E-state index contributed by atoms with van der Waals surface area (Å²) in [4.78, 5) is 23.3. The van der Waals surface area contributed by atoms with Crippen molar-refractivity contribution in [2.24, 2.45) is 0 Å². The molecule has 0 saturated carbocycles. The number of anilines is 1. The van der Waals surface area contributed by atoms with Gasteiger partial charge in [-0.15, -0.1) is 0 Å². The van der Waals surface area contributed by atoms with Crippen molar-refractivity contribution in [2.45, 2.75) is 19.4 Å². The van der Waals surface area contributed by atoms with Crippen molar-refractivity contribution in [3.05, 3.63) is 28.3 Å². The van der Waals surface area contributed by atoms with E-state index in [0.29, 0.717) is 23.7 Å². The Bertz CT molecular complexity index is 516. The summed E-state index contributed by atoms with van der Waals surface area (Å²) >= 11 is 5.88. The molecule has 5 nitrogen and oxygen atoms in total. The van der Waals surface area contributed by atoms with Gasteiger partial charge in [0.1, 0.15) is 6.04 Å². The molecule has 0 bridgehead atoms. The Morgan fingerprint density at radius 3 is 2.89 bits per heavy atom. The molecule has 1 aromatic rings. The molecular weight excluding hydrogens is 256 g/mol. The highest BCUT2D eigenvalue weighted by Crippen LogP contribution is 2.23. The fourth-order valence-electron chi connectivity index (χ4n) is 1.81. The van der Waals surface area contributed by atoms with Crippen LogP contribution in [0.25, 0.3) is 0 Å². The zero-order valence-electron chi connectivity index (χ0n) is 9.83. The zero-order chi connectivity index (χ0) is 13.3. The first kappa shape index (κ1) is 12.7. The number of amides is 1. The molecule has 3 N–H and O–H groups in total. The van der Waals surface area contributed by atoms with Gasteiger partial charge >= 0.3 is 5.97 Å². The van der Waals surface area contributed by atoms with Crippen molar-refractivity contribution in [3.8, 4) is 0 Å². The normalized spacial score (nSPS) is 18.6. The molecule has 1 atom stereocenters. The summed E-state index contributed by atoms with van der Waals surface area (Å²) in [6.45, 7) is 2.09. The van der Waals surface area contributed by atoms with Crippen LogP contribution in [0.4, 0.5) is 5.69 Å². The molecule has 96 valence electrons. The second-order valence-corrected chi connectivity index (χ2v) is 4.60. The predicted molar refractivity (Wildman–Crippen MR) is 67.4 cm³/mol. The number of cyclic esters (lactones) is 1. The largest absolute Gasteiger partial charge is 0.464 e. The van der Waals surface area contributed by atoms with Crippen LogP contribution in [0.5, 0.6) is 0 Å². The van der Waals surface area contributed by atoms with Gasteiger partial charge in [0.05, 0.1) is 12.2 Å². The van der Waals surface area contributed by atoms with Crippen molar-refractivity contribution in [3.63, 3.8) is 0 Å². The minimum absolute atomic E-state index is 0.278. The molecular formula is C12H13ClN2O3. The van der Waals surface area contributed by atoms with E-state index in [1.54, 1.807) is 13.0 Å². The fraction of sp³-hybridized carbons (Fsp3) is 0.333. The number of carbonyl (C=O) groups is 2. The summed E-state index contributed by atoms with van der Waals surface area (Å²) in [5.74, 6) is -0.831. The van der Waals surface area contributed by atoms with Gasteiger partial charge in [0.25, 0.3) is 5.91 Å². The Morgan fingerprint density at radius 1 is 1.56 bits per heavy atom. The van der Waals surface area contributed by atoms with E-state index in [2.05, 4.69) is 5.32 Å². The van der Waals surface area contributed by atoms with Gasteiger partial charge in [-0.25, -0.2) is 4.79 Å². The Labute approximate surface area is 109 Å². The number of nitrogen functional groups attached to an aromatic ring is 1. The molecule has 1 aliphatic rings. The van der Waals surface area contributed by atoms with E-state index in [-0.39, 0.29) is 5.56 Å². The summed E-state index contributed by atoms with van der Waals surface area (Å²) in [6, 6.07) is 2.56. The Balaban J connectivity index is 2.21. The monoisotopic (exact) mass is 268 g/mol. The highest BCUT2D eigenvalue weighted by Gasteiger charge is 2.28. The third-order valence-corrected chi connectivity index (χ3v) is 3.06. The van der Waals surface area contributed by atoms with Gasteiger partial charge in [0.2, 0.25) is 0 Å². The zero-order valence-corrected chi connectivity index (χ0v) is 10.6. The number of ether oxygens (including phenoxy) is 1. The number of halogens is 1. The lowest BCUT2D eigenvalue weighted by atomic mass is 10.1. The minimum atomic E-state index is -0.601. The summed E-state index contributed by atoms with van der Waals surface area (Å²) in [6.07, 6.45) is 0.476. The number of esters is 1. The number of aryl methyl sites for hydroxylation is 1. The summed E-state index contributed by atoms with van der Waals surface area (Å²) < 4.78 is 4.77. The molecule has 18 heavy (non-hydrogen) atoms. The van der Waals surface area contributed by atoms with Crippen LogP contribution >= 0.6 is 11.6 Å². The van der Waals surface area contributed by atoms with Crippen molar-refractivity contribution in [1.82, 2.24) is 5.32 Å². The van der Waals surface area contributed by atoms with Crippen LogP contribution in [0.1, 0.15) is 22.3 Å². The molecule has 1 heterocycles. The third kappa shape index (κ3) is 2.41. The third-order valence-electron chi connectivity index (χ3n) is 2.84. The summed E-state index contributed by atoms with van der Waals surface area (Å²) in [5.41, 5.74) is 7.19. The number of nitrogens with two attached hydrogens (primary N) is 1. The quantitative estimate of drug-likeness (QED) is 0.625. The molecule has 0 radical (unpaired) electrons. The predicted octanol–water partition coefficient (Wildman–Crippen LogP) is 1.28. The van der Waals surface area contributed by atoms with Crippen LogP contribution in [0, 0.1) is 6.92 Å². The molecule has 0 aliphatic carbocycles. The van der Waals surface area contributed by atoms with Crippen LogP contribution < -0.4 is 11.1 Å². The second kappa shape index (κ2) is 4.86. The second-order valence-electron chi connectivity index (χ2n) is 4.17. The number of carbonyl (C=O) groups excluding carboxylic acids is 2. The van der Waals surface area contributed by atoms with Gasteiger partial charge in [-0.2, -0.15) is 0 Å². The van der Waals surface area contributed by atoms with E-state index in [4.69, 9.17) is 22.1 Å². The molecule has 1 aromatic carbocycles. The lowest BCUT2D eigenvalue weighted by Crippen LogP contribution is -2.38. The van der Waals surface area contributed by atoms with Gasteiger partial charge in [-0.05, 0) is 24.6 Å². The first-order valence-corrected chi connectivity index (χ1v) is 5.90. The highest BCUT2D eigenvalue weighted by molar-refractivity contribution is 6.31. The van der Waals surface area contributed by atoms with Crippen LogP contribution in [-0.4, -0.2) is 24.5 Å². The van der Waals surface area contributed by atoms with Crippen LogP contribution in [0.3, 0.4) is 0 Å². The molecule has 1 unspecified atom stereocenters. The molecule has 0 spiro atoms. The number of rotatable bonds is 2. The summed E-state index contributed by atoms with van der Waals surface area (Å²) in [5, 5.41) is 3.02. The van der Waals surface area contributed by atoms with E-state index in [1.165, 1.54) is 6.07 Å². The van der Waals surface area contributed by atoms with Crippen LogP contribution in [0.15, 0.2) is 12.1 Å². The van der Waals surface area contributed by atoms with E-state index in [0.717, 1.165) is 5.56 Å². The first-order chi connectivity index (χ1) is 8.49. The lowest BCUT2D eigenvalue weighted by Gasteiger charge is -2.12. The van der Waals surface area contributed by atoms with Gasteiger partial charge in [-0.3, -0.25) is 4.79 Å². The number of hydrogen-bond donors (Lipinski definition) is 2. The van der Waals surface area contributed by atoms with Crippen molar-refractivity contribution in [2.75, 3.05) is 12.3 Å². The maximum absolute atomic E-state index is 12.0. The van der Waals surface area contributed by atoms with E-state index in [9.17, 15) is 9.59 Å². The van der Waals surface area contributed by atoms with Crippen molar-refractivity contribution >= 4 is 29.2 Å². The molecule has 1 amide bonds. The molecule has 1 fully saturated rings.